The summed E-state index contributed by atoms with van der Waals surface area (Å²) >= 11 is 0. The average molecular weight is 271 g/mol. The summed E-state index contributed by atoms with van der Waals surface area (Å²) in [6.45, 7) is 0. The van der Waals surface area contributed by atoms with Crippen LogP contribution in [0.1, 0.15) is 0 Å². The molecular weight excluding hydrogens is 268 g/mol. The highest BCUT2D eigenvalue weighted by Crippen LogP contribution is 2.32. The van der Waals surface area contributed by atoms with Gasteiger partial charge < -0.3 is 9.59 Å². The first kappa shape index (κ1) is 14.7. The molecule has 0 rings (SSSR count). The van der Waals surface area contributed by atoms with Crippen LogP contribution in [0.3, 0.4) is 0 Å². The van der Waals surface area contributed by atoms with Gasteiger partial charge in [-0.2, -0.15) is 34.8 Å². The van der Waals surface area contributed by atoms with Crippen molar-refractivity contribution >= 4 is 16.3 Å². The molecule has 0 amide bonds. The Balaban J connectivity index is 5.25. The first-order chi connectivity index (χ1) is 6.92. The van der Waals surface area contributed by atoms with Gasteiger partial charge in [0.1, 0.15) is 0 Å². The van der Waals surface area contributed by atoms with E-state index in [-0.39, 0.29) is 12.3 Å². The summed E-state index contributed by atoms with van der Waals surface area (Å²) in [4.78, 5) is 0. The van der Waals surface area contributed by atoms with E-state index in [0.717, 1.165) is 0 Å². The van der Waals surface area contributed by atoms with Crippen molar-refractivity contribution in [2.24, 2.45) is 0 Å². The third-order valence-corrected chi connectivity index (χ3v) is 1.96. The van der Waals surface area contributed by atoms with Gasteiger partial charge in [-0.15, -0.1) is 0 Å². The molecule has 1 N–H and O–H groups in total. The Morgan fingerprint density at radius 3 is 1.81 bits per heavy atom. The summed E-state index contributed by atoms with van der Waals surface area (Å²) in [6, 6.07) is 0. The molecule has 16 heavy (non-hydrogen) atoms. The summed E-state index contributed by atoms with van der Waals surface area (Å²) in [5.41, 5.74) is -5.97. The van der Waals surface area contributed by atoms with Crippen LogP contribution in [0.4, 0.5) is 26.3 Å². The first-order valence-electron chi connectivity index (χ1n) is 3.20. The van der Waals surface area contributed by atoms with Gasteiger partial charge in [0.05, 0.1) is 0 Å². The molecule has 0 saturated carbocycles. The number of hydrogen-bond acceptors (Lipinski definition) is 4. The highest BCUT2D eigenvalue weighted by Gasteiger charge is 2.51. The van der Waals surface area contributed by atoms with Crippen LogP contribution >= 0.6 is 0 Å². The smallest absolute Gasteiger partial charge is 0.371 e. The van der Waals surface area contributed by atoms with E-state index in [1.165, 1.54) is 0 Å². The van der Waals surface area contributed by atoms with Gasteiger partial charge in [-0.05, 0) is 0 Å². The monoisotopic (exact) mass is 271 g/mol. The second-order valence-corrected chi connectivity index (χ2v) is 3.72. The minimum atomic E-state index is -6.39. The van der Waals surface area contributed by atoms with Crippen molar-refractivity contribution in [3.05, 3.63) is 11.8 Å². The number of nitrogens with one attached hydrogen (secondary N) is 1. The summed E-state index contributed by atoms with van der Waals surface area (Å²) in [5, 5.41) is 6.22. The Hall–Kier alpha value is -1.26. The zero-order valence-corrected chi connectivity index (χ0v) is 7.87. The molecule has 94 valence electrons. The predicted molar refractivity (Wildman–Crippen MR) is 39.0 cm³/mol. The van der Waals surface area contributed by atoms with Crippen molar-refractivity contribution in [2.75, 3.05) is 0 Å². The quantitative estimate of drug-likeness (QED) is 0.280. The van der Waals surface area contributed by atoms with E-state index in [9.17, 15) is 34.8 Å². The van der Waals surface area contributed by atoms with Crippen molar-refractivity contribution in [2.45, 2.75) is 11.7 Å². The summed E-state index contributed by atoms with van der Waals surface area (Å²) in [6.07, 6.45) is -5.77. The fourth-order valence-electron chi connectivity index (χ4n) is 0.411. The van der Waals surface area contributed by atoms with Gasteiger partial charge in [-0.3, -0.25) is 0 Å². The third-order valence-electron chi connectivity index (χ3n) is 0.997. The maximum absolute atomic E-state index is 11.9. The fourth-order valence-corrected chi connectivity index (χ4v) is 0.892. The Morgan fingerprint density at radius 1 is 1.12 bits per heavy atom. The van der Waals surface area contributed by atoms with E-state index < -0.39 is 27.6 Å². The van der Waals surface area contributed by atoms with Gasteiger partial charge >= 0.3 is 21.8 Å². The van der Waals surface area contributed by atoms with Crippen LogP contribution in [-0.4, -0.2) is 26.3 Å². The topological polar surface area (TPSA) is 67.2 Å². The van der Waals surface area contributed by atoms with Gasteiger partial charge in [0.15, 0.2) is 0 Å². The van der Waals surface area contributed by atoms with Gasteiger partial charge in [0, 0.05) is 12.3 Å². The molecule has 0 heterocycles. The largest absolute Gasteiger partial charge is 0.534 e. The lowest BCUT2D eigenvalue weighted by atomic mass is 10.4. The van der Waals surface area contributed by atoms with Gasteiger partial charge in [-0.25, -0.2) is 0 Å². The fraction of sp³-hybridized carbons (Fsp3) is 0.400. The standard InChI is InChI=1S/C5H3F6NO3S/c6-4(7,8)3(1-2-12)15-16(13,14)5(9,10)11/h1-2,12H. The minimum absolute atomic E-state index is 0.0608. The van der Waals surface area contributed by atoms with Crippen molar-refractivity contribution in [1.29, 1.82) is 5.41 Å². The van der Waals surface area contributed by atoms with Crippen molar-refractivity contribution in [3.8, 4) is 0 Å². The van der Waals surface area contributed by atoms with E-state index in [1.807, 2.05) is 0 Å². The Kier molecular flexibility index (Phi) is 3.97. The molecule has 11 heteroatoms. The Morgan fingerprint density at radius 2 is 1.56 bits per heavy atom. The molecule has 0 aliphatic rings. The Labute approximate surface area is 85.1 Å². The normalized spacial score (nSPS) is 14.8. The number of hydrogen-bond donors (Lipinski definition) is 1. The van der Waals surface area contributed by atoms with Crippen molar-refractivity contribution in [3.63, 3.8) is 0 Å². The van der Waals surface area contributed by atoms with E-state index in [2.05, 4.69) is 4.18 Å². The second kappa shape index (κ2) is 4.31. The molecule has 0 radical (unpaired) electrons. The molecule has 0 saturated heterocycles. The average Bonchev–Trinajstić information content (AvgIpc) is 1.99. The summed E-state index contributed by atoms with van der Waals surface area (Å²) in [7, 11) is -6.39. The molecule has 0 unspecified atom stereocenters. The van der Waals surface area contributed by atoms with Crippen LogP contribution in [0.5, 0.6) is 0 Å². The van der Waals surface area contributed by atoms with E-state index in [1.54, 1.807) is 0 Å². The van der Waals surface area contributed by atoms with Crippen LogP contribution in [0.2, 0.25) is 0 Å². The third kappa shape index (κ3) is 3.72. The molecule has 0 aromatic carbocycles. The Bertz CT molecular complexity index is 391. The number of alkyl halides is 6. The molecule has 0 spiro atoms. The molecule has 0 aromatic rings. The summed E-state index contributed by atoms with van der Waals surface area (Å²) < 4.78 is 93.9. The maximum Gasteiger partial charge on any atom is 0.534 e. The van der Waals surface area contributed by atoms with Crippen LogP contribution < -0.4 is 0 Å². The minimum Gasteiger partial charge on any atom is -0.371 e. The number of halogens is 6. The molecule has 4 nitrogen and oxygen atoms in total. The van der Waals surface area contributed by atoms with Gasteiger partial charge in [-0.1, -0.05) is 0 Å². The van der Waals surface area contributed by atoms with E-state index >= 15 is 0 Å². The molecule has 0 bridgehead atoms. The lowest BCUT2D eigenvalue weighted by Crippen LogP contribution is -2.28. The zero-order chi connectivity index (χ0) is 13.2. The van der Waals surface area contributed by atoms with Crippen LogP contribution in [0.15, 0.2) is 11.8 Å². The molecule has 0 aliphatic carbocycles. The molecule has 0 fully saturated rings. The van der Waals surface area contributed by atoms with E-state index in [4.69, 9.17) is 5.41 Å². The molecule has 0 aliphatic heterocycles. The zero-order valence-electron chi connectivity index (χ0n) is 7.06. The van der Waals surface area contributed by atoms with Crippen molar-refractivity contribution < 1.29 is 38.9 Å². The molecule has 0 aromatic heterocycles. The van der Waals surface area contributed by atoms with Crippen molar-refractivity contribution in [1.82, 2.24) is 0 Å². The lowest BCUT2D eigenvalue weighted by molar-refractivity contribution is -0.119. The second-order valence-electron chi connectivity index (χ2n) is 2.18. The number of rotatable bonds is 3. The highest BCUT2D eigenvalue weighted by molar-refractivity contribution is 7.87. The van der Waals surface area contributed by atoms with Gasteiger partial charge in [0.25, 0.3) is 0 Å². The molecule has 0 atom stereocenters. The maximum atomic E-state index is 11.9. The predicted octanol–water partition coefficient (Wildman–Crippen LogP) is 1.95. The molecular formula is C5H3F6NO3S. The van der Waals surface area contributed by atoms with Crippen LogP contribution in [0.25, 0.3) is 0 Å². The van der Waals surface area contributed by atoms with E-state index in [0.29, 0.717) is 0 Å². The van der Waals surface area contributed by atoms with Crippen LogP contribution in [-0.2, 0) is 14.3 Å². The lowest BCUT2D eigenvalue weighted by Gasteiger charge is -2.13. The first-order valence-corrected chi connectivity index (χ1v) is 4.61. The summed E-state index contributed by atoms with van der Waals surface area (Å²) in [5.74, 6) is -2.44. The highest BCUT2D eigenvalue weighted by atomic mass is 32.2. The SMILES string of the molecule is N=CC=C(OS(=O)(=O)C(F)(F)F)C(F)(F)F. The number of allylic oxidation sites excluding steroid dienone is 2. The van der Waals surface area contributed by atoms with Gasteiger partial charge in [0.2, 0.25) is 5.76 Å². The van der Waals surface area contributed by atoms with Crippen LogP contribution in [0, 0.1) is 5.41 Å².